The number of aryl methyl sites for hydroxylation is 1. The standard InChI is InChI=1S/C15H14N4O/c1-10-4-6-12(7-5-10)13-14(17-11(2)20)18-15-16-8-3-9-19(13)15/h3-9H,1-2H3,(H,17,20). The summed E-state index contributed by atoms with van der Waals surface area (Å²) in [4.78, 5) is 19.9. The van der Waals surface area contributed by atoms with E-state index in [4.69, 9.17) is 0 Å². The summed E-state index contributed by atoms with van der Waals surface area (Å²) in [6.07, 6.45) is 3.56. The maximum absolute atomic E-state index is 11.3. The summed E-state index contributed by atoms with van der Waals surface area (Å²) >= 11 is 0. The molecule has 0 aliphatic carbocycles. The molecule has 1 N–H and O–H groups in total. The van der Waals surface area contributed by atoms with Gasteiger partial charge in [0.2, 0.25) is 11.7 Å². The second-order valence-corrected chi connectivity index (χ2v) is 4.65. The first kappa shape index (κ1) is 12.3. The molecule has 5 nitrogen and oxygen atoms in total. The van der Waals surface area contributed by atoms with Crippen molar-refractivity contribution < 1.29 is 4.79 Å². The van der Waals surface area contributed by atoms with Crippen LogP contribution in [0.4, 0.5) is 5.82 Å². The molecule has 20 heavy (non-hydrogen) atoms. The Morgan fingerprint density at radius 2 is 2.00 bits per heavy atom. The van der Waals surface area contributed by atoms with Crippen molar-refractivity contribution in [3.05, 3.63) is 48.3 Å². The van der Waals surface area contributed by atoms with E-state index in [0.29, 0.717) is 11.6 Å². The van der Waals surface area contributed by atoms with Crippen molar-refractivity contribution in [2.75, 3.05) is 5.32 Å². The van der Waals surface area contributed by atoms with Crippen molar-refractivity contribution in [2.24, 2.45) is 0 Å². The number of rotatable bonds is 2. The van der Waals surface area contributed by atoms with Crippen molar-refractivity contribution in [3.8, 4) is 11.3 Å². The molecule has 0 aliphatic heterocycles. The number of imidazole rings is 1. The van der Waals surface area contributed by atoms with Gasteiger partial charge >= 0.3 is 0 Å². The summed E-state index contributed by atoms with van der Waals surface area (Å²) in [6, 6.07) is 9.92. The van der Waals surface area contributed by atoms with Gasteiger partial charge in [-0.2, -0.15) is 4.98 Å². The molecule has 1 aromatic carbocycles. The van der Waals surface area contributed by atoms with E-state index >= 15 is 0 Å². The van der Waals surface area contributed by atoms with Gasteiger partial charge in [0, 0.05) is 24.9 Å². The first-order valence-electron chi connectivity index (χ1n) is 6.33. The van der Waals surface area contributed by atoms with Crippen LogP contribution in [0.3, 0.4) is 0 Å². The van der Waals surface area contributed by atoms with Crippen molar-refractivity contribution in [2.45, 2.75) is 13.8 Å². The molecule has 0 fully saturated rings. The van der Waals surface area contributed by atoms with Crippen LogP contribution in [-0.2, 0) is 4.79 Å². The van der Waals surface area contributed by atoms with Gasteiger partial charge in [-0.15, -0.1) is 0 Å². The first-order chi connectivity index (χ1) is 9.65. The maximum Gasteiger partial charge on any atom is 0.236 e. The van der Waals surface area contributed by atoms with Gasteiger partial charge in [-0.1, -0.05) is 29.8 Å². The van der Waals surface area contributed by atoms with Gasteiger partial charge < -0.3 is 5.32 Å². The maximum atomic E-state index is 11.3. The summed E-state index contributed by atoms with van der Waals surface area (Å²) in [7, 11) is 0. The minimum atomic E-state index is -0.151. The fourth-order valence-corrected chi connectivity index (χ4v) is 2.13. The number of hydrogen-bond donors (Lipinski definition) is 1. The number of amides is 1. The van der Waals surface area contributed by atoms with E-state index in [9.17, 15) is 4.79 Å². The molecular weight excluding hydrogens is 252 g/mol. The highest BCUT2D eigenvalue weighted by molar-refractivity contribution is 5.92. The molecule has 0 bridgehead atoms. The lowest BCUT2D eigenvalue weighted by Crippen LogP contribution is -2.07. The second-order valence-electron chi connectivity index (χ2n) is 4.65. The topological polar surface area (TPSA) is 59.3 Å². The molecule has 0 atom stereocenters. The summed E-state index contributed by atoms with van der Waals surface area (Å²) in [5, 5.41) is 2.77. The number of carbonyl (C=O) groups is 1. The molecule has 100 valence electrons. The minimum Gasteiger partial charge on any atom is -0.309 e. The van der Waals surface area contributed by atoms with Gasteiger partial charge in [-0.3, -0.25) is 9.20 Å². The van der Waals surface area contributed by atoms with Gasteiger partial charge in [-0.25, -0.2) is 4.98 Å². The van der Waals surface area contributed by atoms with Crippen LogP contribution in [0.1, 0.15) is 12.5 Å². The Morgan fingerprint density at radius 3 is 2.70 bits per heavy atom. The number of anilines is 1. The lowest BCUT2D eigenvalue weighted by Gasteiger charge is -2.05. The van der Waals surface area contributed by atoms with Crippen molar-refractivity contribution in [1.82, 2.24) is 14.4 Å². The third kappa shape index (κ3) is 2.14. The van der Waals surface area contributed by atoms with Gasteiger partial charge in [0.25, 0.3) is 0 Å². The number of hydrogen-bond acceptors (Lipinski definition) is 3. The van der Waals surface area contributed by atoms with Crippen LogP contribution in [0.5, 0.6) is 0 Å². The Kier molecular flexibility index (Phi) is 2.95. The molecule has 2 aromatic heterocycles. The lowest BCUT2D eigenvalue weighted by atomic mass is 10.1. The zero-order valence-corrected chi connectivity index (χ0v) is 11.3. The van der Waals surface area contributed by atoms with Gasteiger partial charge in [-0.05, 0) is 13.0 Å². The Balaban J connectivity index is 2.25. The van der Waals surface area contributed by atoms with E-state index in [2.05, 4.69) is 15.3 Å². The van der Waals surface area contributed by atoms with Crippen LogP contribution in [0.15, 0.2) is 42.7 Å². The molecule has 2 heterocycles. The minimum absolute atomic E-state index is 0.151. The number of fused-ring (bicyclic) bond motifs is 1. The highest BCUT2D eigenvalue weighted by Gasteiger charge is 2.15. The fraction of sp³-hybridized carbons (Fsp3) is 0.133. The summed E-state index contributed by atoms with van der Waals surface area (Å²) in [5.74, 6) is 0.939. The monoisotopic (exact) mass is 266 g/mol. The van der Waals surface area contributed by atoms with Crippen LogP contribution in [0, 0.1) is 6.92 Å². The van der Waals surface area contributed by atoms with Crippen LogP contribution < -0.4 is 5.32 Å². The lowest BCUT2D eigenvalue weighted by molar-refractivity contribution is -0.114. The molecule has 5 heteroatoms. The molecule has 1 amide bonds. The van der Waals surface area contributed by atoms with E-state index < -0.39 is 0 Å². The van der Waals surface area contributed by atoms with Crippen LogP contribution in [0.25, 0.3) is 17.0 Å². The summed E-state index contributed by atoms with van der Waals surface area (Å²) in [6.45, 7) is 3.50. The van der Waals surface area contributed by atoms with E-state index in [1.54, 1.807) is 6.20 Å². The highest BCUT2D eigenvalue weighted by Crippen LogP contribution is 2.28. The van der Waals surface area contributed by atoms with Crippen LogP contribution in [0.2, 0.25) is 0 Å². The zero-order valence-electron chi connectivity index (χ0n) is 11.3. The van der Waals surface area contributed by atoms with Crippen LogP contribution in [-0.4, -0.2) is 20.3 Å². The predicted octanol–water partition coefficient (Wildman–Crippen LogP) is 2.66. The molecule has 0 spiro atoms. The van der Waals surface area contributed by atoms with Gasteiger partial charge in [0.15, 0.2) is 5.82 Å². The van der Waals surface area contributed by atoms with E-state index in [-0.39, 0.29) is 5.91 Å². The SMILES string of the molecule is CC(=O)Nc1nc2ncccn2c1-c1ccc(C)cc1. The molecule has 0 saturated carbocycles. The largest absolute Gasteiger partial charge is 0.309 e. The average Bonchev–Trinajstić information content (AvgIpc) is 2.77. The summed E-state index contributed by atoms with van der Waals surface area (Å²) in [5.41, 5.74) is 3.00. The Hall–Kier alpha value is -2.69. The quantitative estimate of drug-likeness (QED) is 0.775. The molecule has 3 rings (SSSR count). The number of nitrogens with one attached hydrogen (secondary N) is 1. The summed E-state index contributed by atoms with van der Waals surface area (Å²) < 4.78 is 1.87. The Bertz CT molecular complexity index is 774. The predicted molar refractivity (Wildman–Crippen MR) is 77.5 cm³/mol. The van der Waals surface area contributed by atoms with Crippen molar-refractivity contribution in [3.63, 3.8) is 0 Å². The Labute approximate surface area is 116 Å². The Morgan fingerprint density at radius 1 is 1.25 bits per heavy atom. The average molecular weight is 266 g/mol. The van der Waals surface area contributed by atoms with E-state index in [1.165, 1.54) is 12.5 Å². The molecular formula is C15H14N4O. The molecule has 3 aromatic rings. The fourth-order valence-electron chi connectivity index (χ4n) is 2.13. The van der Waals surface area contributed by atoms with E-state index in [0.717, 1.165) is 11.3 Å². The van der Waals surface area contributed by atoms with Crippen molar-refractivity contribution in [1.29, 1.82) is 0 Å². The third-order valence-corrected chi connectivity index (χ3v) is 3.02. The highest BCUT2D eigenvalue weighted by atomic mass is 16.1. The third-order valence-electron chi connectivity index (χ3n) is 3.02. The van der Waals surface area contributed by atoms with E-state index in [1.807, 2.05) is 47.9 Å². The van der Waals surface area contributed by atoms with Crippen LogP contribution >= 0.6 is 0 Å². The van der Waals surface area contributed by atoms with Gasteiger partial charge in [0.1, 0.15) is 0 Å². The smallest absolute Gasteiger partial charge is 0.236 e. The number of nitrogens with zero attached hydrogens (tertiary/aromatic N) is 3. The zero-order chi connectivity index (χ0) is 14.1. The normalized spacial score (nSPS) is 10.7. The molecule has 0 radical (unpaired) electrons. The molecule has 0 saturated heterocycles. The molecule has 0 aliphatic rings. The second kappa shape index (κ2) is 4.77. The number of aromatic nitrogens is 3. The first-order valence-corrected chi connectivity index (χ1v) is 6.33. The molecule has 0 unspecified atom stereocenters. The number of carbonyl (C=O) groups excluding carboxylic acids is 1. The van der Waals surface area contributed by atoms with Crippen molar-refractivity contribution >= 4 is 17.5 Å². The van der Waals surface area contributed by atoms with Gasteiger partial charge in [0.05, 0.1) is 5.69 Å². The number of benzene rings is 1.